The third kappa shape index (κ3) is 2.99. The van der Waals surface area contributed by atoms with Gasteiger partial charge in [-0.1, -0.05) is 6.92 Å². The Morgan fingerprint density at radius 1 is 1.50 bits per heavy atom. The zero-order valence-electron chi connectivity index (χ0n) is 10.9. The van der Waals surface area contributed by atoms with E-state index in [1.165, 1.54) is 0 Å². The van der Waals surface area contributed by atoms with Crippen molar-refractivity contribution in [2.24, 2.45) is 5.92 Å². The van der Waals surface area contributed by atoms with Gasteiger partial charge in [0.1, 0.15) is 0 Å². The second-order valence-electron chi connectivity index (χ2n) is 4.59. The number of carbonyl (C=O) groups excluding carboxylic acids is 1. The van der Waals surface area contributed by atoms with Crippen LogP contribution in [0.2, 0.25) is 0 Å². The summed E-state index contributed by atoms with van der Waals surface area (Å²) in [7, 11) is 0. The zero-order valence-corrected chi connectivity index (χ0v) is 10.9. The van der Waals surface area contributed by atoms with Gasteiger partial charge in [0, 0.05) is 24.0 Å². The van der Waals surface area contributed by atoms with Crippen LogP contribution in [0, 0.1) is 5.92 Å². The fraction of sp³-hybridized carbons (Fsp3) is 0.538. The minimum atomic E-state index is -4.57. The van der Waals surface area contributed by atoms with Gasteiger partial charge in [0.2, 0.25) is 0 Å². The molecular formula is C13H15F3N2O2. The Morgan fingerprint density at radius 3 is 2.90 bits per heavy atom. The maximum atomic E-state index is 12.9. The maximum Gasteiger partial charge on any atom is 0.417 e. The minimum Gasteiger partial charge on any atom is -0.379 e. The highest BCUT2D eigenvalue weighted by Gasteiger charge is 2.40. The number of halogens is 3. The lowest BCUT2D eigenvalue weighted by Gasteiger charge is -2.19. The van der Waals surface area contributed by atoms with E-state index in [-0.39, 0.29) is 12.6 Å². The maximum absolute atomic E-state index is 12.9. The van der Waals surface area contributed by atoms with Crippen LogP contribution in [0.25, 0.3) is 0 Å². The van der Waals surface area contributed by atoms with Crippen molar-refractivity contribution in [1.82, 2.24) is 10.3 Å². The predicted octanol–water partition coefficient (Wildman–Crippen LogP) is 1.91. The smallest absolute Gasteiger partial charge is 0.379 e. The number of hydrogen-bond donors (Lipinski definition) is 1. The van der Waals surface area contributed by atoms with Gasteiger partial charge < -0.3 is 10.1 Å². The van der Waals surface area contributed by atoms with E-state index in [0.29, 0.717) is 13.2 Å². The summed E-state index contributed by atoms with van der Waals surface area (Å²) in [6, 6.07) is 0.569. The number of carbonyl (C=O) groups is 1. The molecule has 2 unspecified atom stereocenters. The zero-order chi connectivity index (χ0) is 14.8. The van der Waals surface area contributed by atoms with E-state index in [1.807, 2.05) is 6.92 Å². The molecule has 1 saturated heterocycles. The molecule has 0 radical (unpaired) electrons. The van der Waals surface area contributed by atoms with Crippen molar-refractivity contribution in [1.29, 1.82) is 0 Å². The third-order valence-corrected chi connectivity index (χ3v) is 3.28. The Balaban J connectivity index is 2.30. The monoisotopic (exact) mass is 288 g/mol. The average Bonchev–Trinajstić information content (AvgIpc) is 2.85. The average molecular weight is 288 g/mol. The number of ketones is 1. The number of pyridine rings is 1. The summed E-state index contributed by atoms with van der Waals surface area (Å²) in [5.41, 5.74) is -1.34. The van der Waals surface area contributed by atoms with Crippen LogP contribution in [-0.4, -0.2) is 36.6 Å². The van der Waals surface area contributed by atoms with E-state index in [2.05, 4.69) is 10.3 Å². The van der Waals surface area contributed by atoms with Gasteiger partial charge in [-0.15, -0.1) is 0 Å². The van der Waals surface area contributed by atoms with Gasteiger partial charge in [-0.05, 0) is 12.6 Å². The van der Waals surface area contributed by atoms with E-state index in [0.717, 1.165) is 18.5 Å². The molecule has 7 heteroatoms. The highest BCUT2D eigenvalue weighted by atomic mass is 19.4. The van der Waals surface area contributed by atoms with Crippen molar-refractivity contribution in [3.63, 3.8) is 0 Å². The topological polar surface area (TPSA) is 51.2 Å². The Morgan fingerprint density at radius 2 is 2.25 bits per heavy atom. The fourth-order valence-electron chi connectivity index (χ4n) is 2.31. The molecule has 2 heterocycles. The molecule has 1 aromatic heterocycles. The molecule has 2 atom stereocenters. The number of nitrogens with zero attached hydrogens (tertiary/aromatic N) is 1. The first-order valence-electron chi connectivity index (χ1n) is 6.31. The van der Waals surface area contributed by atoms with Crippen molar-refractivity contribution in [3.8, 4) is 0 Å². The van der Waals surface area contributed by atoms with Crippen molar-refractivity contribution >= 4 is 5.78 Å². The van der Waals surface area contributed by atoms with Crippen molar-refractivity contribution in [2.45, 2.75) is 19.1 Å². The molecule has 1 aliphatic heterocycles. The molecule has 0 spiro atoms. The number of rotatable bonds is 4. The van der Waals surface area contributed by atoms with Crippen molar-refractivity contribution in [2.75, 3.05) is 19.8 Å². The van der Waals surface area contributed by atoms with E-state index >= 15 is 0 Å². The molecule has 4 nitrogen and oxygen atoms in total. The molecule has 20 heavy (non-hydrogen) atoms. The van der Waals surface area contributed by atoms with Crippen LogP contribution < -0.4 is 5.32 Å². The van der Waals surface area contributed by atoms with E-state index in [4.69, 9.17) is 4.74 Å². The number of Topliss-reactive ketones (excluding diaryl/α,β-unsaturated/α-hetero) is 1. The van der Waals surface area contributed by atoms with Gasteiger partial charge in [0.25, 0.3) is 0 Å². The van der Waals surface area contributed by atoms with Crippen LogP contribution >= 0.6 is 0 Å². The first kappa shape index (κ1) is 14.9. The number of hydrogen-bond acceptors (Lipinski definition) is 4. The molecule has 1 aliphatic rings. The summed E-state index contributed by atoms with van der Waals surface area (Å²) in [5.74, 6) is -1.19. The largest absolute Gasteiger partial charge is 0.417 e. The molecule has 0 aliphatic carbocycles. The molecular weight excluding hydrogens is 273 g/mol. The van der Waals surface area contributed by atoms with Crippen molar-refractivity contribution in [3.05, 3.63) is 29.6 Å². The van der Waals surface area contributed by atoms with Gasteiger partial charge in [-0.3, -0.25) is 9.78 Å². The number of alkyl halides is 3. The first-order chi connectivity index (χ1) is 9.45. The highest BCUT2D eigenvalue weighted by molar-refractivity contribution is 5.99. The predicted molar refractivity (Wildman–Crippen MR) is 65.3 cm³/mol. The van der Waals surface area contributed by atoms with Crippen LogP contribution in [0.15, 0.2) is 18.5 Å². The van der Waals surface area contributed by atoms with Crippen LogP contribution in [0.3, 0.4) is 0 Å². The minimum absolute atomic E-state index is 0.128. The molecule has 0 amide bonds. The Hall–Kier alpha value is -1.47. The molecule has 0 saturated carbocycles. The fourth-order valence-corrected chi connectivity index (χ4v) is 2.31. The van der Waals surface area contributed by atoms with E-state index in [9.17, 15) is 18.0 Å². The summed E-state index contributed by atoms with van der Waals surface area (Å²) in [5, 5.41) is 3.06. The summed E-state index contributed by atoms with van der Waals surface area (Å²) in [4.78, 5) is 16.0. The lowest BCUT2D eigenvalue weighted by molar-refractivity contribution is -0.138. The lowest BCUT2D eigenvalue weighted by atomic mass is 9.91. The molecule has 110 valence electrons. The lowest BCUT2D eigenvalue weighted by Crippen LogP contribution is -2.39. The van der Waals surface area contributed by atoms with Gasteiger partial charge in [-0.2, -0.15) is 13.2 Å². The molecule has 1 fully saturated rings. The van der Waals surface area contributed by atoms with E-state index in [1.54, 1.807) is 0 Å². The SMILES string of the molecule is CCNC1COCC1C(=O)c1cnccc1C(F)(F)F. The Kier molecular flexibility index (Phi) is 4.39. The van der Waals surface area contributed by atoms with E-state index < -0.39 is 29.0 Å². The Labute approximate surface area is 114 Å². The highest BCUT2D eigenvalue weighted by Crippen LogP contribution is 2.33. The summed E-state index contributed by atoms with van der Waals surface area (Å²) in [6.45, 7) is 2.94. The molecule has 0 aromatic carbocycles. The summed E-state index contributed by atoms with van der Waals surface area (Å²) in [6.07, 6.45) is -2.56. The van der Waals surface area contributed by atoms with Gasteiger partial charge >= 0.3 is 6.18 Å². The van der Waals surface area contributed by atoms with Crippen LogP contribution in [0.4, 0.5) is 13.2 Å². The second kappa shape index (κ2) is 5.88. The molecule has 1 aromatic rings. The standard InChI is InChI=1S/C13H15F3N2O2/c1-2-18-11-7-20-6-9(11)12(19)8-5-17-4-3-10(8)13(14,15)16/h3-5,9,11,18H,2,6-7H2,1H3. The summed E-state index contributed by atoms with van der Waals surface area (Å²) < 4.78 is 43.9. The third-order valence-electron chi connectivity index (χ3n) is 3.28. The number of likely N-dealkylation sites (N-methyl/N-ethyl adjacent to an activating group) is 1. The van der Waals surface area contributed by atoms with Crippen molar-refractivity contribution < 1.29 is 22.7 Å². The second-order valence-corrected chi connectivity index (χ2v) is 4.59. The van der Waals surface area contributed by atoms with Gasteiger partial charge in [-0.25, -0.2) is 0 Å². The molecule has 0 bridgehead atoms. The number of aromatic nitrogens is 1. The number of nitrogens with one attached hydrogen (secondary N) is 1. The van der Waals surface area contributed by atoms with Gasteiger partial charge in [0.05, 0.1) is 24.7 Å². The Bertz CT molecular complexity index is 491. The molecule has 2 rings (SSSR count). The first-order valence-corrected chi connectivity index (χ1v) is 6.31. The summed E-state index contributed by atoms with van der Waals surface area (Å²) >= 11 is 0. The normalized spacial score (nSPS) is 23.0. The van der Waals surface area contributed by atoms with Gasteiger partial charge in [0.15, 0.2) is 5.78 Å². The van der Waals surface area contributed by atoms with Crippen LogP contribution in [-0.2, 0) is 10.9 Å². The van der Waals surface area contributed by atoms with Crippen LogP contribution in [0.5, 0.6) is 0 Å². The number of ether oxygens (including phenoxy) is 1. The quantitative estimate of drug-likeness (QED) is 0.860. The molecule has 1 N–H and O–H groups in total. The van der Waals surface area contributed by atoms with Crippen LogP contribution in [0.1, 0.15) is 22.8 Å².